The van der Waals surface area contributed by atoms with E-state index in [9.17, 15) is 4.79 Å². The van der Waals surface area contributed by atoms with E-state index >= 15 is 0 Å². The number of amides is 1. The fourth-order valence-electron chi connectivity index (χ4n) is 3.77. The summed E-state index contributed by atoms with van der Waals surface area (Å²) in [5.41, 5.74) is 2.93. The molecule has 168 valence electrons. The van der Waals surface area contributed by atoms with Gasteiger partial charge in [-0.25, -0.2) is 4.68 Å². The predicted octanol–water partition coefficient (Wildman–Crippen LogP) is 2.96. The van der Waals surface area contributed by atoms with Crippen molar-refractivity contribution in [3.8, 4) is 22.8 Å². The van der Waals surface area contributed by atoms with Crippen molar-refractivity contribution in [1.29, 1.82) is 0 Å². The summed E-state index contributed by atoms with van der Waals surface area (Å²) in [5.74, 6) is 1.48. The first kappa shape index (κ1) is 20.7. The van der Waals surface area contributed by atoms with Crippen LogP contribution >= 0.6 is 0 Å². The normalized spacial score (nSPS) is 13.6. The molecule has 0 radical (unpaired) electrons. The van der Waals surface area contributed by atoms with Gasteiger partial charge in [-0.1, -0.05) is 35.5 Å². The van der Waals surface area contributed by atoms with Crippen LogP contribution in [0.3, 0.4) is 0 Å². The van der Waals surface area contributed by atoms with Crippen LogP contribution in [0.5, 0.6) is 11.5 Å². The molecule has 1 fully saturated rings. The first-order chi connectivity index (χ1) is 16.1. The molecule has 9 heteroatoms. The highest BCUT2D eigenvalue weighted by Crippen LogP contribution is 2.26. The molecule has 0 N–H and O–H groups in total. The van der Waals surface area contributed by atoms with Crippen molar-refractivity contribution in [2.75, 3.05) is 20.2 Å². The standard InChI is InChI=1S/C24H24N6O3/c1-28-23(12-22(26-28)17-7-6-10-21(11-17)32-2)24(31)29-14-19(15-29)30-13-18(25-27-30)16-33-20-8-4-3-5-9-20/h3-13,19H,14-16H2,1-2H3. The predicted molar refractivity (Wildman–Crippen MR) is 121 cm³/mol. The van der Waals surface area contributed by atoms with Gasteiger partial charge in [0.2, 0.25) is 0 Å². The van der Waals surface area contributed by atoms with Gasteiger partial charge in [-0.3, -0.25) is 9.48 Å². The Balaban J connectivity index is 1.20. The minimum atomic E-state index is -0.0526. The van der Waals surface area contributed by atoms with Crippen LogP contribution in [0, 0.1) is 0 Å². The van der Waals surface area contributed by atoms with Crippen molar-refractivity contribution in [2.45, 2.75) is 12.6 Å². The van der Waals surface area contributed by atoms with E-state index in [2.05, 4.69) is 15.4 Å². The second kappa shape index (κ2) is 8.78. The third-order valence-electron chi connectivity index (χ3n) is 5.68. The van der Waals surface area contributed by atoms with E-state index in [1.165, 1.54) is 0 Å². The van der Waals surface area contributed by atoms with Crippen molar-refractivity contribution in [2.24, 2.45) is 7.05 Å². The number of likely N-dealkylation sites (tertiary alicyclic amines) is 1. The number of benzene rings is 2. The first-order valence-electron chi connectivity index (χ1n) is 10.7. The van der Waals surface area contributed by atoms with E-state index in [0.717, 1.165) is 28.5 Å². The molecule has 3 heterocycles. The molecule has 1 amide bonds. The van der Waals surface area contributed by atoms with Crippen molar-refractivity contribution in [3.05, 3.63) is 78.2 Å². The van der Waals surface area contributed by atoms with Gasteiger partial charge in [0.15, 0.2) is 0 Å². The summed E-state index contributed by atoms with van der Waals surface area (Å²) in [7, 11) is 3.41. The Kier molecular flexibility index (Phi) is 5.52. The van der Waals surface area contributed by atoms with Crippen molar-refractivity contribution in [1.82, 2.24) is 29.7 Å². The van der Waals surface area contributed by atoms with Gasteiger partial charge in [0.05, 0.1) is 25.0 Å². The number of carbonyl (C=O) groups is 1. The van der Waals surface area contributed by atoms with E-state index in [4.69, 9.17) is 9.47 Å². The zero-order valence-corrected chi connectivity index (χ0v) is 18.5. The summed E-state index contributed by atoms with van der Waals surface area (Å²) in [6, 6.07) is 19.1. The van der Waals surface area contributed by atoms with Crippen molar-refractivity contribution < 1.29 is 14.3 Å². The average Bonchev–Trinajstić information content (AvgIpc) is 3.44. The van der Waals surface area contributed by atoms with Crippen molar-refractivity contribution >= 4 is 5.91 Å². The molecule has 1 aliphatic heterocycles. The molecule has 1 saturated heterocycles. The lowest BCUT2D eigenvalue weighted by Gasteiger charge is -2.38. The van der Waals surface area contributed by atoms with Gasteiger partial charge < -0.3 is 14.4 Å². The van der Waals surface area contributed by atoms with E-state index in [0.29, 0.717) is 25.4 Å². The lowest BCUT2D eigenvalue weighted by atomic mass is 10.1. The fourth-order valence-corrected chi connectivity index (χ4v) is 3.77. The lowest BCUT2D eigenvalue weighted by Crippen LogP contribution is -2.51. The Bertz CT molecular complexity index is 1260. The number of hydrogen-bond acceptors (Lipinski definition) is 6. The summed E-state index contributed by atoms with van der Waals surface area (Å²) in [5, 5.41) is 12.9. The zero-order chi connectivity index (χ0) is 22.8. The van der Waals surface area contributed by atoms with E-state index in [-0.39, 0.29) is 11.9 Å². The summed E-state index contributed by atoms with van der Waals surface area (Å²) in [6.45, 7) is 1.49. The van der Waals surface area contributed by atoms with Gasteiger partial charge >= 0.3 is 0 Å². The number of carbonyl (C=O) groups excluding carboxylic acids is 1. The first-order valence-corrected chi connectivity index (χ1v) is 10.7. The van der Waals surface area contributed by atoms with Crippen LogP contribution in [-0.4, -0.2) is 55.8 Å². The number of aromatic nitrogens is 5. The van der Waals surface area contributed by atoms with Crippen LogP contribution in [0.4, 0.5) is 0 Å². The largest absolute Gasteiger partial charge is 0.497 e. The second-order valence-corrected chi connectivity index (χ2v) is 7.93. The maximum Gasteiger partial charge on any atom is 0.272 e. The van der Waals surface area contributed by atoms with Gasteiger partial charge in [-0.15, -0.1) is 5.10 Å². The molecule has 0 bridgehead atoms. The molecule has 5 rings (SSSR count). The molecule has 0 aliphatic carbocycles. The van der Waals surface area contributed by atoms with Gasteiger partial charge in [0, 0.05) is 25.7 Å². The highest BCUT2D eigenvalue weighted by atomic mass is 16.5. The monoisotopic (exact) mass is 444 g/mol. The van der Waals surface area contributed by atoms with Crippen LogP contribution < -0.4 is 9.47 Å². The van der Waals surface area contributed by atoms with Gasteiger partial charge in [0.25, 0.3) is 5.91 Å². The molecule has 0 saturated carbocycles. The zero-order valence-electron chi connectivity index (χ0n) is 18.5. The molecule has 2 aromatic heterocycles. The number of para-hydroxylation sites is 1. The number of hydrogen-bond donors (Lipinski definition) is 0. The number of rotatable bonds is 7. The number of methoxy groups -OCH3 is 1. The molecular formula is C24H24N6O3. The Morgan fingerprint density at radius 1 is 1.06 bits per heavy atom. The number of nitrogens with zero attached hydrogens (tertiary/aromatic N) is 6. The maximum atomic E-state index is 13.0. The topological polar surface area (TPSA) is 87.3 Å². The molecule has 4 aromatic rings. The van der Waals surface area contributed by atoms with Crippen molar-refractivity contribution in [3.63, 3.8) is 0 Å². The van der Waals surface area contributed by atoms with Crippen LogP contribution in [0.25, 0.3) is 11.3 Å². The van der Waals surface area contributed by atoms with E-state index in [1.54, 1.807) is 28.4 Å². The lowest BCUT2D eigenvalue weighted by molar-refractivity contribution is 0.0487. The highest BCUT2D eigenvalue weighted by Gasteiger charge is 2.34. The van der Waals surface area contributed by atoms with Gasteiger partial charge in [-0.05, 0) is 30.3 Å². The molecule has 0 unspecified atom stereocenters. The quantitative estimate of drug-likeness (QED) is 0.436. The SMILES string of the molecule is COc1cccc(-c2cc(C(=O)N3CC(n4cc(COc5ccccc5)nn4)C3)n(C)n2)c1. The average molecular weight is 444 g/mol. The summed E-state index contributed by atoms with van der Waals surface area (Å²) >= 11 is 0. The summed E-state index contributed by atoms with van der Waals surface area (Å²) in [6.07, 6.45) is 1.88. The maximum absolute atomic E-state index is 13.0. The van der Waals surface area contributed by atoms with Crippen LogP contribution in [0.15, 0.2) is 66.9 Å². The molecule has 9 nitrogen and oxygen atoms in total. The third kappa shape index (κ3) is 4.30. The molecule has 0 spiro atoms. The Hall–Kier alpha value is -4.14. The van der Waals surface area contributed by atoms with Crippen LogP contribution in [0.1, 0.15) is 22.2 Å². The molecular weight excluding hydrogens is 420 g/mol. The van der Waals surface area contributed by atoms with Gasteiger partial charge in [-0.2, -0.15) is 5.10 Å². The van der Waals surface area contributed by atoms with Crippen LogP contribution in [-0.2, 0) is 13.7 Å². The van der Waals surface area contributed by atoms with Gasteiger partial charge in [0.1, 0.15) is 29.5 Å². The molecule has 0 atom stereocenters. The van der Waals surface area contributed by atoms with E-state index < -0.39 is 0 Å². The summed E-state index contributed by atoms with van der Waals surface area (Å²) < 4.78 is 14.4. The summed E-state index contributed by atoms with van der Waals surface area (Å²) in [4.78, 5) is 14.8. The molecule has 1 aliphatic rings. The molecule has 2 aromatic carbocycles. The second-order valence-electron chi connectivity index (χ2n) is 7.93. The Morgan fingerprint density at radius 2 is 1.85 bits per heavy atom. The fraction of sp³-hybridized carbons (Fsp3) is 0.250. The highest BCUT2D eigenvalue weighted by molar-refractivity contribution is 5.94. The third-order valence-corrected chi connectivity index (χ3v) is 5.68. The number of ether oxygens (including phenoxy) is 2. The molecule has 33 heavy (non-hydrogen) atoms. The Labute approximate surface area is 191 Å². The number of aryl methyl sites for hydroxylation is 1. The minimum absolute atomic E-state index is 0.0526. The van der Waals surface area contributed by atoms with E-state index in [1.807, 2.05) is 66.9 Å². The smallest absolute Gasteiger partial charge is 0.272 e. The van der Waals surface area contributed by atoms with Crippen LogP contribution in [0.2, 0.25) is 0 Å². The Morgan fingerprint density at radius 3 is 2.64 bits per heavy atom. The minimum Gasteiger partial charge on any atom is -0.497 e.